The van der Waals surface area contributed by atoms with Gasteiger partial charge in [0.25, 0.3) is 11.8 Å². The van der Waals surface area contributed by atoms with E-state index >= 15 is 0 Å². The SMILES string of the molecule is Cn1c2ccncc2c2ccc(-c3ccc(OC4CC(OCCOCCOCC5CN(c6ccc7c(c6)C(=O)N(C6CCC(=O)NC6=O)C7=O)C5)C4)nc3)cc21. The minimum atomic E-state index is -0.973. The maximum Gasteiger partial charge on any atom is 0.262 e. The minimum absolute atomic E-state index is 0.0839. The highest BCUT2D eigenvalue weighted by atomic mass is 16.6. The zero-order chi connectivity index (χ0) is 38.3. The number of aryl methyl sites for hydroxylation is 1. The molecule has 14 heteroatoms. The zero-order valence-electron chi connectivity index (χ0n) is 31.0. The lowest BCUT2D eigenvalue weighted by atomic mass is 9.92. The van der Waals surface area contributed by atoms with Gasteiger partial charge in [-0.2, -0.15) is 0 Å². The first-order valence-electron chi connectivity index (χ1n) is 19.1. The summed E-state index contributed by atoms with van der Waals surface area (Å²) in [6, 6.07) is 16.7. The van der Waals surface area contributed by atoms with Crippen LogP contribution in [-0.2, 0) is 30.8 Å². The Balaban J connectivity index is 0.631. The predicted molar refractivity (Wildman–Crippen MR) is 205 cm³/mol. The fourth-order valence-corrected chi connectivity index (χ4v) is 8.06. The van der Waals surface area contributed by atoms with Crippen LogP contribution in [-0.4, -0.2) is 107 Å². The molecular weight excluding hydrogens is 716 g/mol. The van der Waals surface area contributed by atoms with Crippen LogP contribution in [0, 0.1) is 5.92 Å². The van der Waals surface area contributed by atoms with Crippen LogP contribution >= 0.6 is 0 Å². The number of ether oxygens (including phenoxy) is 4. The molecule has 0 spiro atoms. The first-order valence-corrected chi connectivity index (χ1v) is 19.1. The van der Waals surface area contributed by atoms with Gasteiger partial charge >= 0.3 is 0 Å². The average Bonchev–Trinajstić information content (AvgIpc) is 3.60. The lowest BCUT2D eigenvalue weighted by molar-refractivity contribution is -0.136. The second-order valence-corrected chi connectivity index (χ2v) is 14.9. The highest BCUT2D eigenvalue weighted by molar-refractivity contribution is 6.23. The molecule has 5 aromatic rings. The van der Waals surface area contributed by atoms with Crippen LogP contribution in [0.25, 0.3) is 32.9 Å². The number of nitrogens with one attached hydrogen (secondary N) is 1. The van der Waals surface area contributed by atoms with Gasteiger partial charge in [0, 0.05) is 97.5 Å². The third kappa shape index (κ3) is 6.88. The predicted octanol–water partition coefficient (Wildman–Crippen LogP) is 4.29. The standard InChI is InChI=1S/C42H42N6O8/c1-46-35-10-11-43-21-34(35)31-5-2-26(16-37(31)46)27-3-9-39(44-20-27)56-30-18-29(19-30)55-15-14-53-12-13-54-24-25-22-47(23-25)28-4-6-32-33(17-28)42(52)48(41(32)51)36-7-8-38(49)45-40(36)50/h2-6,9-11,16-17,20-21,25,29-30,36H,7-8,12-15,18-19,22-24H2,1H3,(H,45,49,50). The second kappa shape index (κ2) is 15.1. The lowest BCUT2D eigenvalue weighted by Gasteiger charge is -2.41. The Labute approximate surface area is 322 Å². The number of benzene rings is 2. The van der Waals surface area contributed by atoms with E-state index in [2.05, 4.69) is 56.1 Å². The number of piperidine rings is 1. The number of carbonyl (C=O) groups excluding carboxylic acids is 4. The van der Waals surface area contributed by atoms with Crippen molar-refractivity contribution in [3.63, 3.8) is 0 Å². The summed E-state index contributed by atoms with van der Waals surface area (Å²) < 4.78 is 25.8. The summed E-state index contributed by atoms with van der Waals surface area (Å²) in [4.78, 5) is 62.0. The molecule has 6 heterocycles. The largest absolute Gasteiger partial charge is 0.474 e. The average molecular weight is 759 g/mol. The van der Waals surface area contributed by atoms with Crippen molar-refractivity contribution in [2.45, 2.75) is 43.9 Å². The first-order chi connectivity index (χ1) is 27.3. The van der Waals surface area contributed by atoms with Crippen molar-refractivity contribution in [3.05, 3.63) is 84.3 Å². The molecule has 2 aromatic carbocycles. The summed E-state index contributed by atoms with van der Waals surface area (Å²) in [7, 11) is 2.08. The van der Waals surface area contributed by atoms with E-state index in [0.29, 0.717) is 44.8 Å². The highest BCUT2D eigenvalue weighted by Crippen LogP contribution is 2.34. The van der Waals surface area contributed by atoms with Crippen molar-refractivity contribution in [2.24, 2.45) is 13.0 Å². The molecule has 0 bridgehead atoms. The molecule has 0 radical (unpaired) electrons. The van der Waals surface area contributed by atoms with Gasteiger partial charge in [-0.3, -0.25) is 34.4 Å². The van der Waals surface area contributed by atoms with Crippen molar-refractivity contribution in [1.29, 1.82) is 0 Å². The number of hydrogen-bond donors (Lipinski definition) is 1. The summed E-state index contributed by atoms with van der Waals surface area (Å²) in [6.45, 7) is 4.11. The Morgan fingerprint density at radius 1 is 0.786 bits per heavy atom. The number of imide groups is 2. The molecule has 1 unspecified atom stereocenters. The van der Waals surface area contributed by atoms with Gasteiger partial charge in [0.15, 0.2) is 0 Å². The van der Waals surface area contributed by atoms with Gasteiger partial charge < -0.3 is 28.4 Å². The molecule has 4 aliphatic rings. The maximum absolute atomic E-state index is 13.1. The molecule has 2 saturated heterocycles. The Hall–Kier alpha value is -5.70. The van der Waals surface area contributed by atoms with E-state index < -0.39 is 29.7 Å². The van der Waals surface area contributed by atoms with E-state index in [-0.39, 0.29) is 36.2 Å². The number of rotatable bonds is 14. The number of carbonyl (C=O) groups is 4. The van der Waals surface area contributed by atoms with Crippen molar-refractivity contribution < 1.29 is 38.1 Å². The third-order valence-corrected chi connectivity index (χ3v) is 11.3. The molecule has 3 aliphatic heterocycles. The Bertz CT molecular complexity index is 2330. The quantitative estimate of drug-likeness (QED) is 0.128. The third-order valence-electron chi connectivity index (χ3n) is 11.3. The number of anilines is 1. The number of hydrogen-bond acceptors (Lipinski definition) is 11. The van der Waals surface area contributed by atoms with Crippen molar-refractivity contribution in [2.75, 3.05) is 51.0 Å². The van der Waals surface area contributed by atoms with Crippen LogP contribution in [0.5, 0.6) is 5.88 Å². The van der Waals surface area contributed by atoms with Crippen LogP contribution in [0.3, 0.4) is 0 Å². The van der Waals surface area contributed by atoms with E-state index in [1.807, 2.05) is 36.8 Å². The molecule has 288 valence electrons. The molecule has 9 rings (SSSR count). The molecule has 1 atom stereocenters. The van der Waals surface area contributed by atoms with Gasteiger partial charge in [0.2, 0.25) is 17.7 Å². The van der Waals surface area contributed by atoms with E-state index in [1.165, 1.54) is 5.39 Å². The molecule has 3 aromatic heterocycles. The van der Waals surface area contributed by atoms with E-state index in [1.54, 1.807) is 12.1 Å². The number of aromatic nitrogens is 3. The van der Waals surface area contributed by atoms with Gasteiger partial charge in [-0.05, 0) is 48.4 Å². The van der Waals surface area contributed by atoms with Crippen molar-refractivity contribution in [3.8, 4) is 17.0 Å². The van der Waals surface area contributed by atoms with Gasteiger partial charge in [-0.1, -0.05) is 12.1 Å². The normalized spacial score (nSPS) is 21.1. The molecule has 3 fully saturated rings. The highest BCUT2D eigenvalue weighted by Gasteiger charge is 2.45. The van der Waals surface area contributed by atoms with Gasteiger partial charge in [-0.15, -0.1) is 0 Å². The van der Waals surface area contributed by atoms with E-state index in [4.69, 9.17) is 18.9 Å². The van der Waals surface area contributed by atoms with Gasteiger partial charge in [-0.25, -0.2) is 4.98 Å². The maximum atomic E-state index is 13.1. The second-order valence-electron chi connectivity index (χ2n) is 14.9. The van der Waals surface area contributed by atoms with Crippen LogP contribution < -0.4 is 15.0 Å². The van der Waals surface area contributed by atoms with Crippen LogP contribution in [0.1, 0.15) is 46.4 Å². The fraction of sp³-hybridized carbons (Fsp3) is 0.381. The summed E-state index contributed by atoms with van der Waals surface area (Å²) in [5, 5.41) is 4.56. The molecule has 1 aliphatic carbocycles. The van der Waals surface area contributed by atoms with Gasteiger partial charge in [0.05, 0.1) is 55.8 Å². The molecule has 1 saturated carbocycles. The zero-order valence-corrected chi connectivity index (χ0v) is 31.0. The Morgan fingerprint density at radius 3 is 2.41 bits per heavy atom. The van der Waals surface area contributed by atoms with E-state index in [0.717, 1.165) is 64.1 Å². The molecule has 1 N–H and O–H groups in total. The van der Waals surface area contributed by atoms with Crippen LogP contribution in [0.4, 0.5) is 5.69 Å². The number of fused-ring (bicyclic) bond motifs is 4. The lowest BCUT2D eigenvalue weighted by Crippen LogP contribution is -2.54. The summed E-state index contributed by atoms with van der Waals surface area (Å²) in [5.41, 5.74) is 5.86. The summed E-state index contributed by atoms with van der Waals surface area (Å²) >= 11 is 0. The minimum Gasteiger partial charge on any atom is -0.474 e. The Morgan fingerprint density at radius 2 is 1.59 bits per heavy atom. The van der Waals surface area contributed by atoms with Crippen LogP contribution in [0.2, 0.25) is 0 Å². The monoisotopic (exact) mass is 758 g/mol. The fourth-order valence-electron chi connectivity index (χ4n) is 8.06. The smallest absolute Gasteiger partial charge is 0.262 e. The molecule has 14 nitrogen and oxygen atoms in total. The van der Waals surface area contributed by atoms with E-state index in [9.17, 15) is 19.2 Å². The first kappa shape index (κ1) is 36.0. The molecule has 56 heavy (non-hydrogen) atoms. The molecular formula is C42H42N6O8. The summed E-state index contributed by atoms with van der Waals surface area (Å²) in [6.07, 6.45) is 7.69. The van der Waals surface area contributed by atoms with Crippen molar-refractivity contribution >= 4 is 51.1 Å². The number of amides is 4. The Kier molecular flexibility index (Phi) is 9.69. The molecule has 4 amide bonds. The van der Waals surface area contributed by atoms with Gasteiger partial charge in [0.1, 0.15) is 12.1 Å². The number of pyridine rings is 2. The van der Waals surface area contributed by atoms with Crippen LogP contribution in [0.15, 0.2) is 73.2 Å². The topological polar surface area (TPSA) is 154 Å². The summed E-state index contributed by atoms with van der Waals surface area (Å²) in [5.74, 6) is -1.06. The van der Waals surface area contributed by atoms with Crippen molar-refractivity contribution in [1.82, 2.24) is 24.8 Å². The number of nitrogens with zero attached hydrogens (tertiary/aromatic N) is 5.